The van der Waals surface area contributed by atoms with Crippen molar-refractivity contribution in [2.24, 2.45) is 0 Å². The molecule has 34 heavy (non-hydrogen) atoms. The van der Waals surface area contributed by atoms with Crippen LogP contribution in [0.5, 0.6) is 0 Å². The van der Waals surface area contributed by atoms with Gasteiger partial charge >= 0.3 is 17.9 Å². The number of carboxylic acid groups (broad SMARTS) is 3. The molecule has 0 saturated heterocycles. The van der Waals surface area contributed by atoms with Gasteiger partial charge in [0.2, 0.25) is 0 Å². The van der Waals surface area contributed by atoms with Crippen molar-refractivity contribution in [3.8, 4) is 0 Å². The Kier molecular flexibility index (Phi) is 20.4. The monoisotopic (exact) mass is 484 g/mol. The highest BCUT2D eigenvalue weighted by Gasteiger charge is 2.35. The lowest BCUT2D eigenvalue weighted by Gasteiger charge is -2.34. The second kappa shape index (κ2) is 21.6. The van der Waals surface area contributed by atoms with E-state index in [0.29, 0.717) is 6.42 Å². The molecule has 0 saturated carbocycles. The second-order valence-corrected chi connectivity index (χ2v) is 9.72. The van der Waals surface area contributed by atoms with E-state index in [0.717, 1.165) is 19.3 Å². The van der Waals surface area contributed by atoms with E-state index in [-0.39, 0.29) is 6.54 Å². The van der Waals surface area contributed by atoms with Crippen LogP contribution in [0.15, 0.2) is 12.2 Å². The van der Waals surface area contributed by atoms with Crippen LogP contribution in [0.3, 0.4) is 0 Å². The number of carbonyl (C=O) groups is 3. The van der Waals surface area contributed by atoms with E-state index in [2.05, 4.69) is 19.1 Å². The molecule has 0 amide bonds. The van der Waals surface area contributed by atoms with Crippen LogP contribution in [0.4, 0.5) is 0 Å². The molecule has 0 heterocycles. The van der Waals surface area contributed by atoms with Crippen LogP contribution in [0, 0.1) is 0 Å². The van der Waals surface area contributed by atoms with Crippen LogP contribution in [0.25, 0.3) is 0 Å². The zero-order chi connectivity index (χ0) is 25.5. The first kappa shape index (κ1) is 32.1. The van der Waals surface area contributed by atoms with Crippen LogP contribution in [0.2, 0.25) is 0 Å². The Labute approximate surface area is 206 Å². The molecule has 0 atom stereocenters. The van der Waals surface area contributed by atoms with Crippen molar-refractivity contribution >= 4 is 17.9 Å². The van der Waals surface area contributed by atoms with Gasteiger partial charge in [-0.1, -0.05) is 96.1 Å². The zero-order valence-electron chi connectivity index (χ0n) is 21.5. The van der Waals surface area contributed by atoms with Gasteiger partial charge in [-0.25, -0.2) is 14.4 Å². The molecule has 0 rings (SSSR count). The van der Waals surface area contributed by atoms with E-state index in [1.54, 1.807) is 0 Å². The second-order valence-electron chi connectivity index (χ2n) is 9.72. The smallest absolute Gasteiger partial charge is 0.359 e. The van der Waals surface area contributed by atoms with Crippen molar-refractivity contribution in [1.29, 1.82) is 0 Å². The molecule has 198 valence electrons. The van der Waals surface area contributed by atoms with Gasteiger partial charge in [0.25, 0.3) is 0 Å². The summed E-state index contributed by atoms with van der Waals surface area (Å²) in [6.07, 6.45) is 25.1. The summed E-state index contributed by atoms with van der Waals surface area (Å²) < 4.78 is -0.456. The summed E-state index contributed by atoms with van der Waals surface area (Å²) in [6.45, 7) is 1.01. The summed E-state index contributed by atoms with van der Waals surface area (Å²) in [5.41, 5.74) is 0. The van der Waals surface area contributed by atoms with E-state index in [9.17, 15) is 14.4 Å². The molecular weight excluding hydrogens is 434 g/mol. The summed E-state index contributed by atoms with van der Waals surface area (Å²) in [6, 6.07) is 0. The van der Waals surface area contributed by atoms with E-state index < -0.39 is 42.0 Å². The summed E-state index contributed by atoms with van der Waals surface area (Å²) in [5, 5.41) is 27.4. The van der Waals surface area contributed by atoms with Gasteiger partial charge < -0.3 is 15.3 Å². The Balaban J connectivity index is 3.80. The maximum absolute atomic E-state index is 11.2. The first-order valence-electron chi connectivity index (χ1n) is 13.5. The fourth-order valence-corrected chi connectivity index (χ4v) is 4.49. The number of unbranched alkanes of at least 4 members (excludes halogenated alkanes) is 15. The fourth-order valence-electron chi connectivity index (χ4n) is 4.49. The predicted molar refractivity (Wildman–Crippen MR) is 136 cm³/mol. The number of carboxylic acids is 3. The molecule has 0 aliphatic carbocycles. The number of hydrogen-bond donors (Lipinski definition) is 3. The predicted octanol–water partition coefficient (Wildman–Crippen LogP) is 6.26. The quantitative estimate of drug-likeness (QED) is 0.0800. The third-order valence-corrected chi connectivity index (χ3v) is 6.31. The van der Waals surface area contributed by atoms with Gasteiger partial charge in [0.15, 0.2) is 19.6 Å². The first-order valence-corrected chi connectivity index (χ1v) is 13.5. The summed E-state index contributed by atoms with van der Waals surface area (Å²) in [7, 11) is 0. The summed E-state index contributed by atoms with van der Waals surface area (Å²) in [5.74, 6) is -3.54. The molecule has 0 spiro atoms. The van der Waals surface area contributed by atoms with Gasteiger partial charge in [0, 0.05) is 0 Å². The molecule has 0 aromatic heterocycles. The minimum Gasteiger partial charge on any atom is -0.477 e. The Morgan fingerprint density at radius 2 is 0.853 bits per heavy atom. The Morgan fingerprint density at radius 3 is 1.21 bits per heavy atom. The van der Waals surface area contributed by atoms with E-state index in [4.69, 9.17) is 15.3 Å². The Bertz CT molecular complexity index is 535. The summed E-state index contributed by atoms with van der Waals surface area (Å²) in [4.78, 5) is 33.5. The SMILES string of the molecule is CCCCCCCCCCCCCCC/C=C/CCCC[N+](CC(=O)O)(CC(=O)O)CC(=O)O. The molecule has 3 N–H and O–H groups in total. The number of hydrogen-bond acceptors (Lipinski definition) is 3. The van der Waals surface area contributed by atoms with Crippen molar-refractivity contribution in [2.45, 2.75) is 116 Å². The minimum atomic E-state index is -1.18. The molecule has 0 unspecified atom stereocenters. The highest BCUT2D eigenvalue weighted by molar-refractivity contribution is 5.73. The zero-order valence-corrected chi connectivity index (χ0v) is 21.5. The number of nitrogens with zero attached hydrogens (tertiary/aromatic N) is 1. The third kappa shape index (κ3) is 20.7. The number of quaternary nitrogens is 1. The average molecular weight is 485 g/mol. The third-order valence-electron chi connectivity index (χ3n) is 6.31. The molecule has 0 aromatic rings. The number of allylic oxidation sites excluding steroid dienone is 2. The van der Waals surface area contributed by atoms with Crippen LogP contribution < -0.4 is 0 Å². The fraction of sp³-hybridized carbons (Fsp3) is 0.815. The molecule has 0 fully saturated rings. The first-order chi connectivity index (χ1) is 16.3. The van der Waals surface area contributed by atoms with Gasteiger partial charge in [-0.3, -0.25) is 4.48 Å². The normalized spacial score (nSPS) is 11.8. The molecule has 7 nitrogen and oxygen atoms in total. The highest BCUT2D eigenvalue weighted by atomic mass is 16.4. The van der Waals surface area contributed by atoms with E-state index in [1.165, 1.54) is 83.5 Å². The lowest BCUT2D eigenvalue weighted by molar-refractivity contribution is -0.907. The van der Waals surface area contributed by atoms with Gasteiger partial charge in [0.1, 0.15) is 0 Å². The molecule has 0 aliphatic heterocycles. The minimum absolute atomic E-state index is 0.234. The van der Waals surface area contributed by atoms with E-state index in [1.807, 2.05) is 0 Å². The molecule has 0 radical (unpaired) electrons. The van der Waals surface area contributed by atoms with Crippen molar-refractivity contribution < 1.29 is 34.2 Å². The van der Waals surface area contributed by atoms with Crippen LogP contribution in [-0.4, -0.2) is 63.9 Å². The largest absolute Gasteiger partial charge is 0.477 e. The number of rotatable bonds is 25. The lowest BCUT2D eigenvalue weighted by Crippen LogP contribution is -2.57. The van der Waals surface area contributed by atoms with Crippen molar-refractivity contribution in [1.82, 2.24) is 0 Å². The van der Waals surface area contributed by atoms with E-state index >= 15 is 0 Å². The molecule has 0 bridgehead atoms. The van der Waals surface area contributed by atoms with Crippen molar-refractivity contribution in [3.63, 3.8) is 0 Å². The van der Waals surface area contributed by atoms with Gasteiger partial charge in [-0.2, -0.15) is 0 Å². The van der Waals surface area contributed by atoms with Crippen molar-refractivity contribution in [2.75, 3.05) is 26.2 Å². The van der Waals surface area contributed by atoms with Gasteiger partial charge in [-0.15, -0.1) is 0 Å². The maximum Gasteiger partial charge on any atom is 0.359 e. The molecule has 0 aromatic carbocycles. The number of aliphatic carboxylic acids is 3. The maximum atomic E-state index is 11.2. The van der Waals surface area contributed by atoms with Crippen molar-refractivity contribution in [3.05, 3.63) is 12.2 Å². The standard InChI is InChI=1S/C27H49NO6/c1-2-3-4-5-6-7-8-9-10-11-12-13-14-15-16-17-18-19-20-21-28(22-25(29)30,23-26(31)32)24-27(33)34/h16-17H,2-15,18-24H2,1H3,(H2-,29,30,31,32,33,34)/p+1/b17-16+. The van der Waals surface area contributed by atoms with Crippen LogP contribution in [-0.2, 0) is 14.4 Å². The molecule has 7 heteroatoms. The van der Waals surface area contributed by atoms with Crippen LogP contribution in [0.1, 0.15) is 116 Å². The lowest BCUT2D eigenvalue weighted by atomic mass is 10.0. The van der Waals surface area contributed by atoms with Crippen LogP contribution >= 0.6 is 0 Å². The highest BCUT2D eigenvalue weighted by Crippen LogP contribution is 2.14. The summed E-state index contributed by atoms with van der Waals surface area (Å²) >= 11 is 0. The average Bonchev–Trinajstić information content (AvgIpc) is 2.73. The molecule has 0 aliphatic rings. The topological polar surface area (TPSA) is 112 Å². The Morgan fingerprint density at radius 1 is 0.529 bits per heavy atom. The van der Waals surface area contributed by atoms with Gasteiger partial charge in [-0.05, 0) is 32.1 Å². The van der Waals surface area contributed by atoms with Gasteiger partial charge in [0.05, 0.1) is 6.54 Å². The Hall–Kier alpha value is -1.89. The molecular formula is C27H50NO6+.